The van der Waals surface area contributed by atoms with Gasteiger partial charge in [0.05, 0.1) is 12.0 Å². The minimum absolute atomic E-state index is 0.107. The number of hydrogen-bond acceptors (Lipinski definition) is 3. The first kappa shape index (κ1) is 8.82. The Morgan fingerprint density at radius 2 is 2.33 bits per heavy atom. The van der Waals surface area contributed by atoms with Crippen molar-refractivity contribution >= 4 is 18.0 Å². The van der Waals surface area contributed by atoms with E-state index in [0.29, 0.717) is 6.42 Å². The lowest BCUT2D eigenvalue weighted by molar-refractivity contribution is -0.133. The zero-order valence-electron chi connectivity index (χ0n) is 5.85. The van der Waals surface area contributed by atoms with Crippen LogP contribution in [0, 0.1) is 0 Å². The number of rotatable bonds is 4. The summed E-state index contributed by atoms with van der Waals surface area (Å²) >= 11 is 1.11. The Kier molecular flexibility index (Phi) is 5.83. The summed E-state index contributed by atoms with van der Waals surface area (Å²) in [5.41, 5.74) is 0. The summed E-state index contributed by atoms with van der Waals surface area (Å²) < 4.78 is 4.62. The van der Waals surface area contributed by atoms with E-state index >= 15 is 0 Å². The third kappa shape index (κ3) is 5.69. The predicted octanol–water partition coefficient (Wildman–Crippen LogP) is 2.00. The first-order chi connectivity index (χ1) is 4.31. The molecule has 0 unspecified atom stereocenters. The summed E-state index contributed by atoms with van der Waals surface area (Å²) in [5, 5.41) is 0. The zero-order valence-corrected chi connectivity index (χ0v) is 6.66. The largest absolute Gasteiger partial charge is 0.392 e. The van der Waals surface area contributed by atoms with E-state index in [9.17, 15) is 4.79 Å². The highest BCUT2D eigenvalue weighted by Crippen LogP contribution is 2.01. The first-order valence-electron chi connectivity index (χ1n) is 3.04. The van der Waals surface area contributed by atoms with E-state index < -0.39 is 0 Å². The Labute approximate surface area is 60.2 Å². The van der Waals surface area contributed by atoms with Gasteiger partial charge < -0.3 is 4.18 Å². The molecule has 0 aromatic carbocycles. The van der Waals surface area contributed by atoms with Crippen LogP contribution >= 0.6 is 12.0 Å². The second-order valence-corrected chi connectivity index (χ2v) is 2.23. The summed E-state index contributed by atoms with van der Waals surface area (Å²) in [7, 11) is 0. The van der Waals surface area contributed by atoms with Gasteiger partial charge in [-0.3, -0.25) is 4.79 Å². The van der Waals surface area contributed by atoms with E-state index in [1.165, 1.54) is 0 Å². The summed E-state index contributed by atoms with van der Waals surface area (Å²) in [6.45, 7) is 2.05. The highest BCUT2D eigenvalue weighted by molar-refractivity contribution is 7.94. The van der Waals surface area contributed by atoms with Gasteiger partial charge in [-0.2, -0.15) is 0 Å². The quantitative estimate of drug-likeness (QED) is 0.570. The van der Waals surface area contributed by atoms with Gasteiger partial charge in [-0.25, -0.2) is 0 Å². The summed E-state index contributed by atoms with van der Waals surface area (Å²) in [4.78, 5) is 10.6. The molecule has 54 valence electrons. The van der Waals surface area contributed by atoms with Crippen LogP contribution in [0.3, 0.4) is 0 Å². The lowest BCUT2D eigenvalue weighted by Gasteiger charge is -1.95. The highest BCUT2D eigenvalue weighted by Gasteiger charge is 1.98. The highest BCUT2D eigenvalue weighted by atomic mass is 32.2. The lowest BCUT2D eigenvalue weighted by Crippen LogP contribution is -1.96. The minimum Gasteiger partial charge on any atom is -0.392 e. The number of unbranched alkanes of at least 4 members (excludes halogenated alkanes) is 1. The van der Waals surface area contributed by atoms with E-state index in [1.807, 2.05) is 6.92 Å². The molecule has 9 heavy (non-hydrogen) atoms. The summed E-state index contributed by atoms with van der Waals surface area (Å²) in [6, 6.07) is 0. The molecule has 0 bridgehead atoms. The van der Waals surface area contributed by atoms with Crippen molar-refractivity contribution in [1.29, 1.82) is 0 Å². The fourth-order valence-electron chi connectivity index (χ4n) is 0.456. The van der Waals surface area contributed by atoms with Crippen LogP contribution in [0.5, 0.6) is 0 Å². The van der Waals surface area contributed by atoms with Crippen molar-refractivity contribution in [3.05, 3.63) is 0 Å². The second kappa shape index (κ2) is 5.95. The van der Waals surface area contributed by atoms with Crippen LogP contribution in [0.2, 0.25) is 0 Å². The van der Waals surface area contributed by atoms with Crippen LogP contribution in [-0.4, -0.2) is 12.2 Å². The van der Waals surface area contributed by atoms with Gasteiger partial charge in [0.25, 0.3) is 0 Å². The molecular weight excluding hydrogens is 136 g/mol. The molecule has 0 saturated carbocycles. The molecule has 0 aliphatic rings. The predicted molar refractivity (Wildman–Crippen MR) is 39.1 cm³/mol. The van der Waals surface area contributed by atoms with Crippen LogP contribution in [0.15, 0.2) is 0 Å². The molecule has 0 rings (SSSR count). The number of carbonyl (C=O) groups excluding carboxylic acids is 1. The number of carbonyl (C=O) groups is 1. The topological polar surface area (TPSA) is 26.3 Å². The van der Waals surface area contributed by atoms with Gasteiger partial charge in [0, 0.05) is 12.7 Å². The molecule has 0 aromatic heterocycles. The van der Waals surface area contributed by atoms with E-state index in [0.717, 1.165) is 24.9 Å². The average molecular weight is 148 g/mol. The Hall–Kier alpha value is -0.180. The molecule has 0 N–H and O–H groups in total. The molecule has 3 heteroatoms. The molecule has 0 spiro atoms. The van der Waals surface area contributed by atoms with Crippen molar-refractivity contribution in [3.8, 4) is 0 Å². The van der Waals surface area contributed by atoms with Crippen LogP contribution in [-0.2, 0) is 8.98 Å². The third-order valence-electron chi connectivity index (χ3n) is 0.911. The normalized spacial score (nSPS) is 9.11. The molecule has 0 heterocycles. The molecule has 0 amide bonds. The van der Waals surface area contributed by atoms with Crippen molar-refractivity contribution < 1.29 is 8.98 Å². The molecule has 0 atom stereocenters. The second-order valence-electron chi connectivity index (χ2n) is 1.73. The molecule has 0 fully saturated rings. The van der Waals surface area contributed by atoms with Crippen LogP contribution in [0.1, 0.15) is 26.2 Å². The van der Waals surface area contributed by atoms with E-state index in [-0.39, 0.29) is 5.97 Å². The molecule has 0 radical (unpaired) electrons. The van der Waals surface area contributed by atoms with E-state index in [4.69, 9.17) is 0 Å². The standard InChI is InChI=1S/C6H12O2S/c1-3-4-5-6(7)8-9-2/h3-5H2,1-2H3. The zero-order chi connectivity index (χ0) is 7.11. The molecule has 0 aromatic rings. The van der Waals surface area contributed by atoms with Gasteiger partial charge in [0.2, 0.25) is 0 Å². The van der Waals surface area contributed by atoms with Crippen molar-refractivity contribution in [2.75, 3.05) is 6.26 Å². The molecule has 2 nitrogen and oxygen atoms in total. The summed E-state index contributed by atoms with van der Waals surface area (Å²) in [5.74, 6) is -0.107. The van der Waals surface area contributed by atoms with Crippen molar-refractivity contribution in [1.82, 2.24) is 0 Å². The van der Waals surface area contributed by atoms with Crippen LogP contribution in [0.25, 0.3) is 0 Å². The van der Waals surface area contributed by atoms with Crippen LogP contribution in [0.4, 0.5) is 0 Å². The Bertz CT molecular complexity index is 83.1. The van der Waals surface area contributed by atoms with Gasteiger partial charge >= 0.3 is 5.97 Å². The molecule has 0 aliphatic carbocycles. The van der Waals surface area contributed by atoms with Crippen molar-refractivity contribution in [3.63, 3.8) is 0 Å². The third-order valence-corrected chi connectivity index (χ3v) is 1.26. The van der Waals surface area contributed by atoms with E-state index in [1.54, 1.807) is 6.26 Å². The monoisotopic (exact) mass is 148 g/mol. The average Bonchev–Trinajstić information content (AvgIpc) is 1.85. The maximum Gasteiger partial charge on any atom is 0.317 e. The van der Waals surface area contributed by atoms with Crippen molar-refractivity contribution in [2.45, 2.75) is 26.2 Å². The fraction of sp³-hybridized carbons (Fsp3) is 0.833. The Morgan fingerprint density at radius 3 is 2.78 bits per heavy atom. The molecule has 0 aliphatic heterocycles. The Balaban J connectivity index is 3.06. The van der Waals surface area contributed by atoms with Gasteiger partial charge in [-0.1, -0.05) is 13.3 Å². The first-order valence-corrected chi connectivity index (χ1v) is 4.19. The maximum atomic E-state index is 10.6. The molecule has 0 saturated heterocycles. The van der Waals surface area contributed by atoms with Crippen molar-refractivity contribution in [2.24, 2.45) is 0 Å². The summed E-state index contributed by atoms with van der Waals surface area (Å²) in [6.07, 6.45) is 4.27. The van der Waals surface area contributed by atoms with Gasteiger partial charge in [-0.05, 0) is 6.42 Å². The van der Waals surface area contributed by atoms with E-state index in [2.05, 4.69) is 4.18 Å². The Morgan fingerprint density at radius 1 is 1.67 bits per heavy atom. The van der Waals surface area contributed by atoms with Gasteiger partial charge in [0.15, 0.2) is 0 Å². The smallest absolute Gasteiger partial charge is 0.317 e. The SMILES string of the molecule is CCCCC(=O)OSC. The van der Waals surface area contributed by atoms with Gasteiger partial charge in [-0.15, -0.1) is 0 Å². The lowest BCUT2D eigenvalue weighted by atomic mass is 10.3. The minimum atomic E-state index is -0.107. The van der Waals surface area contributed by atoms with Crippen LogP contribution < -0.4 is 0 Å². The number of hydrogen-bond donors (Lipinski definition) is 0. The fourth-order valence-corrected chi connectivity index (χ4v) is 0.725. The van der Waals surface area contributed by atoms with Gasteiger partial charge in [0.1, 0.15) is 0 Å². The maximum absolute atomic E-state index is 10.6. The molecular formula is C6H12O2S.